The van der Waals surface area contributed by atoms with Crippen molar-refractivity contribution in [1.82, 2.24) is 0 Å². The number of aliphatic hydroxyl groups is 1. The van der Waals surface area contributed by atoms with Gasteiger partial charge in [-0.05, 0) is 13.3 Å². The Morgan fingerprint density at radius 1 is 1.58 bits per heavy atom. The molecule has 0 heterocycles. The molecule has 0 aromatic carbocycles. The molecule has 0 aromatic rings. The second kappa shape index (κ2) is 7.13. The fourth-order valence-electron chi connectivity index (χ4n) is 0.700. The standard InChI is InChI=1S/C9H18O3/c1-4-5-6-11-9(3)12-8(2)7-10/h9-10H,2,4-7H2,1,3H3. The van der Waals surface area contributed by atoms with E-state index in [2.05, 4.69) is 13.5 Å². The zero-order valence-corrected chi connectivity index (χ0v) is 7.88. The molecule has 0 fully saturated rings. The Bertz CT molecular complexity index is 123. The normalized spacial score (nSPS) is 12.6. The first-order valence-electron chi connectivity index (χ1n) is 4.27. The summed E-state index contributed by atoms with van der Waals surface area (Å²) < 4.78 is 10.3. The zero-order valence-electron chi connectivity index (χ0n) is 7.88. The van der Waals surface area contributed by atoms with Crippen LogP contribution in [-0.4, -0.2) is 24.6 Å². The van der Waals surface area contributed by atoms with Crippen LogP contribution in [0.3, 0.4) is 0 Å². The molecule has 0 saturated carbocycles. The summed E-state index contributed by atoms with van der Waals surface area (Å²) in [7, 11) is 0. The molecular weight excluding hydrogens is 156 g/mol. The van der Waals surface area contributed by atoms with Gasteiger partial charge in [0.15, 0.2) is 6.29 Å². The molecule has 0 bridgehead atoms. The third-order valence-corrected chi connectivity index (χ3v) is 1.36. The highest BCUT2D eigenvalue weighted by Gasteiger charge is 2.02. The minimum Gasteiger partial charge on any atom is -0.468 e. The van der Waals surface area contributed by atoms with E-state index in [1.54, 1.807) is 6.92 Å². The lowest BCUT2D eigenvalue weighted by Gasteiger charge is -2.15. The van der Waals surface area contributed by atoms with Gasteiger partial charge in [-0.1, -0.05) is 19.9 Å². The van der Waals surface area contributed by atoms with E-state index in [1.807, 2.05) is 0 Å². The molecule has 0 radical (unpaired) electrons. The molecule has 3 heteroatoms. The second-order valence-electron chi connectivity index (χ2n) is 2.61. The van der Waals surface area contributed by atoms with E-state index in [1.165, 1.54) is 0 Å². The smallest absolute Gasteiger partial charge is 0.196 e. The lowest BCUT2D eigenvalue weighted by molar-refractivity contribution is -0.109. The number of unbranched alkanes of at least 4 members (excludes halogenated alkanes) is 1. The molecule has 0 rings (SSSR count). The van der Waals surface area contributed by atoms with E-state index in [0.717, 1.165) is 12.8 Å². The Hall–Kier alpha value is -0.540. The van der Waals surface area contributed by atoms with Crippen LogP contribution >= 0.6 is 0 Å². The van der Waals surface area contributed by atoms with Crippen molar-refractivity contribution in [3.8, 4) is 0 Å². The van der Waals surface area contributed by atoms with E-state index >= 15 is 0 Å². The maximum absolute atomic E-state index is 8.58. The second-order valence-corrected chi connectivity index (χ2v) is 2.61. The fourth-order valence-corrected chi connectivity index (χ4v) is 0.700. The Kier molecular flexibility index (Phi) is 6.81. The van der Waals surface area contributed by atoms with Gasteiger partial charge in [0, 0.05) is 0 Å². The van der Waals surface area contributed by atoms with Crippen LogP contribution in [0.15, 0.2) is 12.3 Å². The van der Waals surface area contributed by atoms with Gasteiger partial charge in [0.25, 0.3) is 0 Å². The Labute approximate surface area is 74.0 Å². The minimum atomic E-state index is -0.309. The highest BCUT2D eigenvalue weighted by Crippen LogP contribution is 2.01. The van der Waals surface area contributed by atoms with Gasteiger partial charge in [-0.25, -0.2) is 0 Å². The summed E-state index contributed by atoms with van der Waals surface area (Å²) in [5, 5.41) is 8.58. The third-order valence-electron chi connectivity index (χ3n) is 1.36. The largest absolute Gasteiger partial charge is 0.468 e. The summed E-state index contributed by atoms with van der Waals surface area (Å²) >= 11 is 0. The van der Waals surface area contributed by atoms with Crippen LogP contribution in [0, 0.1) is 0 Å². The van der Waals surface area contributed by atoms with Gasteiger partial charge >= 0.3 is 0 Å². The highest BCUT2D eigenvalue weighted by atomic mass is 16.7. The molecule has 0 aliphatic heterocycles. The SMILES string of the molecule is C=C(CO)OC(C)OCCCC. The molecule has 0 aromatic heterocycles. The number of aliphatic hydroxyl groups excluding tert-OH is 1. The first-order valence-corrected chi connectivity index (χ1v) is 4.27. The van der Waals surface area contributed by atoms with E-state index in [0.29, 0.717) is 12.4 Å². The van der Waals surface area contributed by atoms with Crippen LogP contribution in [0.25, 0.3) is 0 Å². The molecule has 72 valence electrons. The van der Waals surface area contributed by atoms with Gasteiger partial charge in [0.05, 0.1) is 13.2 Å². The molecule has 0 aliphatic rings. The van der Waals surface area contributed by atoms with Gasteiger partial charge in [0.1, 0.15) is 5.76 Å². The molecule has 3 nitrogen and oxygen atoms in total. The number of ether oxygens (including phenoxy) is 2. The van der Waals surface area contributed by atoms with E-state index in [9.17, 15) is 0 Å². The Balaban J connectivity index is 3.32. The summed E-state index contributed by atoms with van der Waals surface area (Å²) in [6.45, 7) is 7.92. The molecule has 1 N–H and O–H groups in total. The lowest BCUT2D eigenvalue weighted by atomic mass is 10.4. The summed E-state index contributed by atoms with van der Waals surface area (Å²) in [5.41, 5.74) is 0. The summed E-state index contributed by atoms with van der Waals surface area (Å²) in [6, 6.07) is 0. The van der Waals surface area contributed by atoms with Crippen molar-refractivity contribution in [3.05, 3.63) is 12.3 Å². The summed E-state index contributed by atoms with van der Waals surface area (Å²) in [6.07, 6.45) is 1.82. The van der Waals surface area contributed by atoms with Crippen molar-refractivity contribution in [1.29, 1.82) is 0 Å². The minimum absolute atomic E-state index is 0.151. The molecular formula is C9H18O3. The maximum atomic E-state index is 8.58. The van der Waals surface area contributed by atoms with Crippen LogP contribution in [-0.2, 0) is 9.47 Å². The molecule has 1 atom stereocenters. The van der Waals surface area contributed by atoms with Gasteiger partial charge in [-0.15, -0.1) is 0 Å². The number of hydrogen-bond acceptors (Lipinski definition) is 3. The van der Waals surface area contributed by atoms with Crippen molar-refractivity contribution >= 4 is 0 Å². The van der Waals surface area contributed by atoms with E-state index in [-0.39, 0.29) is 12.9 Å². The zero-order chi connectivity index (χ0) is 9.40. The lowest BCUT2D eigenvalue weighted by Crippen LogP contribution is -2.14. The number of hydrogen-bond donors (Lipinski definition) is 1. The van der Waals surface area contributed by atoms with Gasteiger partial charge in [0.2, 0.25) is 0 Å². The molecule has 1 unspecified atom stereocenters. The van der Waals surface area contributed by atoms with Crippen LogP contribution in [0.2, 0.25) is 0 Å². The van der Waals surface area contributed by atoms with Crippen molar-refractivity contribution in [2.45, 2.75) is 33.0 Å². The van der Waals surface area contributed by atoms with Gasteiger partial charge in [-0.3, -0.25) is 0 Å². The van der Waals surface area contributed by atoms with E-state index < -0.39 is 0 Å². The van der Waals surface area contributed by atoms with Crippen LogP contribution < -0.4 is 0 Å². The van der Waals surface area contributed by atoms with E-state index in [4.69, 9.17) is 14.6 Å². The van der Waals surface area contributed by atoms with Crippen LogP contribution in [0.1, 0.15) is 26.7 Å². The van der Waals surface area contributed by atoms with Crippen LogP contribution in [0.4, 0.5) is 0 Å². The topological polar surface area (TPSA) is 38.7 Å². The Morgan fingerprint density at radius 2 is 2.25 bits per heavy atom. The van der Waals surface area contributed by atoms with Crippen LogP contribution in [0.5, 0.6) is 0 Å². The molecule has 0 amide bonds. The number of rotatable bonds is 7. The average molecular weight is 174 g/mol. The summed E-state index contributed by atoms with van der Waals surface area (Å²) in [4.78, 5) is 0. The first kappa shape index (κ1) is 11.5. The molecule has 0 spiro atoms. The molecule has 0 saturated heterocycles. The first-order chi connectivity index (χ1) is 5.70. The fraction of sp³-hybridized carbons (Fsp3) is 0.778. The van der Waals surface area contributed by atoms with Crippen molar-refractivity contribution in [2.75, 3.05) is 13.2 Å². The van der Waals surface area contributed by atoms with Gasteiger partial charge < -0.3 is 14.6 Å². The third kappa shape index (κ3) is 6.19. The highest BCUT2D eigenvalue weighted by molar-refractivity contribution is 4.80. The molecule has 0 aliphatic carbocycles. The van der Waals surface area contributed by atoms with Gasteiger partial charge in [-0.2, -0.15) is 0 Å². The predicted molar refractivity (Wildman–Crippen MR) is 47.6 cm³/mol. The monoisotopic (exact) mass is 174 g/mol. The molecule has 12 heavy (non-hydrogen) atoms. The predicted octanol–water partition coefficient (Wildman–Crippen LogP) is 1.67. The van der Waals surface area contributed by atoms with Crippen molar-refractivity contribution < 1.29 is 14.6 Å². The Morgan fingerprint density at radius 3 is 2.75 bits per heavy atom. The average Bonchev–Trinajstić information content (AvgIpc) is 2.05. The van der Waals surface area contributed by atoms with Crippen molar-refractivity contribution in [3.63, 3.8) is 0 Å². The van der Waals surface area contributed by atoms with Crippen molar-refractivity contribution in [2.24, 2.45) is 0 Å². The maximum Gasteiger partial charge on any atom is 0.196 e. The quantitative estimate of drug-likeness (QED) is 0.362. The summed E-state index contributed by atoms with van der Waals surface area (Å²) in [5.74, 6) is 0.346.